The number of carbonyl (C=O) groups excluding carboxylic acids is 1. The number of rotatable bonds is 3. The first-order valence-corrected chi connectivity index (χ1v) is 4.47. The summed E-state index contributed by atoms with van der Waals surface area (Å²) in [6.45, 7) is 2.08. The summed E-state index contributed by atoms with van der Waals surface area (Å²) >= 11 is 0. The molecule has 1 fully saturated rings. The van der Waals surface area contributed by atoms with Crippen LogP contribution in [0.25, 0.3) is 0 Å². The van der Waals surface area contributed by atoms with Crippen LogP contribution in [0.4, 0.5) is 0 Å². The third-order valence-electron chi connectivity index (χ3n) is 2.02. The molecule has 0 aromatic heterocycles. The molecule has 0 unspecified atom stereocenters. The van der Waals surface area contributed by atoms with Crippen LogP contribution in [-0.4, -0.2) is 54.9 Å². The zero-order valence-electron chi connectivity index (χ0n) is 7.61. The van der Waals surface area contributed by atoms with E-state index in [1.807, 2.05) is 0 Å². The van der Waals surface area contributed by atoms with Gasteiger partial charge in [-0.3, -0.25) is 4.79 Å². The van der Waals surface area contributed by atoms with Crippen molar-refractivity contribution in [2.45, 2.75) is 12.5 Å². The summed E-state index contributed by atoms with van der Waals surface area (Å²) in [7, 11) is 0. The summed E-state index contributed by atoms with van der Waals surface area (Å²) in [5, 5.41) is 9.26. The van der Waals surface area contributed by atoms with Gasteiger partial charge in [-0.25, -0.2) is 0 Å². The van der Waals surface area contributed by atoms with E-state index >= 15 is 0 Å². The lowest BCUT2D eigenvalue weighted by molar-refractivity contribution is -0.131. The van der Waals surface area contributed by atoms with Crippen molar-refractivity contribution < 1.29 is 14.6 Å². The molecular weight excluding hydrogens is 172 g/mol. The number of nitrogens with zero attached hydrogens (tertiary/aromatic N) is 1. The topological polar surface area (TPSA) is 75.8 Å². The Labute approximate surface area is 77.5 Å². The van der Waals surface area contributed by atoms with Crippen molar-refractivity contribution in [1.82, 2.24) is 4.90 Å². The fraction of sp³-hybridized carbons (Fsp3) is 0.875. The van der Waals surface area contributed by atoms with Crippen molar-refractivity contribution >= 4 is 5.91 Å². The quantitative estimate of drug-likeness (QED) is 0.568. The average Bonchev–Trinajstić information content (AvgIpc) is 2.32. The number of amides is 1. The maximum Gasteiger partial charge on any atom is 0.225 e. The van der Waals surface area contributed by atoms with Gasteiger partial charge in [-0.2, -0.15) is 0 Å². The third-order valence-corrected chi connectivity index (χ3v) is 2.02. The second kappa shape index (κ2) is 5.16. The molecule has 1 atom stereocenters. The van der Waals surface area contributed by atoms with Crippen LogP contribution < -0.4 is 5.73 Å². The van der Waals surface area contributed by atoms with Crippen LogP contribution in [0.2, 0.25) is 0 Å². The highest BCUT2D eigenvalue weighted by atomic mass is 16.5. The Hall–Kier alpha value is -0.650. The third kappa shape index (κ3) is 3.30. The predicted octanol–water partition coefficient (Wildman–Crippen LogP) is -1.45. The first kappa shape index (κ1) is 10.4. The lowest BCUT2D eigenvalue weighted by Gasteiger charge is -2.22. The highest BCUT2D eigenvalue weighted by Gasteiger charge is 2.18. The first-order chi connectivity index (χ1) is 6.24. The second-order valence-corrected chi connectivity index (χ2v) is 3.09. The molecule has 0 aliphatic carbocycles. The summed E-state index contributed by atoms with van der Waals surface area (Å²) in [4.78, 5) is 13.0. The van der Waals surface area contributed by atoms with Crippen molar-refractivity contribution in [1.29, 1.82) is 0 Å². The minimum absolute atomic E-state index is 0.0324. The Morgan fingerprint density at radius 3 is 3.08 bits per heavy atom. The lowest BCUT2D eigenvalue weighted by atomic mass is 10.3. The molecule has 76 valence electrons. The van der Waals surface area contributed by atoms with Crippen LogP contribution in [0.5, 0.6) is 0 Å². The number of hydrogen-bond donors (Lipinski definition) is 2. The summed E-state index contributed by atoms with van der Waals surface area (Å²) in [5.41, 5.74) is 5.25. The molecule has 1 rings (SSSR count). The van der Waals surface area contributed by atoms with Crippen molar-refractivity contribution in [3.63, 3.8) is 0 Å². The SMILES string of the molecule is NC[C@H](O)CN1CCOCCC1=O. The number of nitrogens with two attached hydrogens (primary N) is 1. The summed E-state index contributed by atoms with van der Waals surface area (Å²) < 4.78 is 5.13. The standard InChI is InChI=1S/C8H16N2O3/c9-5-7(11)6-10-2-4-13-3-1-8(10)12/h7,11H,1-6,9H2/t7-/m0/s1. The van der Waals surface area contributed by atoms with Gasteiger partial charge < -0.3 is 20.5 Å². The zero-order chi connectivity index (χ0) is 9.68. The van der Waals surface area contributed by atoms with Gasteiger partial charge in [0.1, 0.15) is 0 Å². The van der Waals surface area contributed by atoms with Crippen LogP contribution >= 0.6 is 0 Å². The van der Waals surface area contributed by atoms with Gasteiger partial charge in [0.05, 0.1) is 25.7 Å². The van der Waals surface area contributed by atoms with E-state index in [1.54, 1.807) is 4.90 Å². The maximum atomic E-state index is 11.4. The molecule has 5 heteroatoms. The second-order valence-electron chi connectivity index (χ2n) is 3.09. The van der Waals surface area contributed by atoms with Gasteiger partial charge in [0.15, 0.2) is 0 Å². The molecule has 1 amide bonds. The fourth-order valence-electron chi connectivity index (χ4n) is 1.24. The summed E-state index contributed by atoms with van der Waals surface area (Å²) in [5.74, 6) is 0.0324. The smallest absolute Gasteiger partial charge is 0.225 e. The van der Waals surface area contributed by atoms with Crippen molar-refractivity contribution in [3.05, 3.63) is 0 Å². The molecule has 0 aromatic carbocycles. The van der Waals surface area contributed by atoms with Crippen molar-refractivity contribution in [3.8, 4) is 0 Å². The molecular formula is C8H16N2O3. The van der Waals surface area contributed by atoms with Gasteiger partial charge in [0, 0.05) is 19.6 Å². The van der Waals surface area contributed by atoms with Gasteiger partial charge in [0.2, 0.25) is 5.91 Å². The highest BCUT2D eigenvalue weighted by Crippen LogP contribution is 2.01. The Bertz CT molecular complexity index is 175. The Morgan fingerprint density at radius 2 is 2.38 bits per heavy atom. The zero-order valence-corrected chi connectivity index (χ0v) is 7.61. The molecule has 1 aliphatic rings. The number of hydrogen-bond acceptors (Lipinski definition) is 4. The molecule has 13 heavy (non-hydrogen) atoms. The largest absolute Gasteiger partial charge is 0.390 e. The van der Waals surface area contributed by atoms with Gasteiger partial charge in [-0.05, 0) is 0 Å². The molecule has 1 aliphatic heterocycles. The monoisotopic (exact) mass is 188 g/mol. The number of aliphatic hydroxyl groups is 1. The predicted molar refractivity (Wildman–Crippen MR) is 47.1 cm³/mol. The normalized spacial score (nSPS) is 21.4. The van der Waals surface area contributed by atoms with E-state index in [2.05, 4.69) is 0 Å². The van der Waals surface area contributed by atoms with Crippen LogP contribution in [-0.2, 0) is 9.53 Å². The van der Waals surface area contributed by atoms with Gasteiger partial charge in [0.25, 0.3) is 0 Å². The fourth-order valence-corrected chi connectivity index (χ4v) is 1.24. The van der Waals surface area contributed by atoms with E-state index in [1.165, 1.54) is 0 Å². The van der Waals surface area contributed by atoms with E-state index in [0.717, 1.165) is 0 Å². The van der Waals surface area contributed by atoms with E-state index in [0.29, 0.717) is 32.7 Å². The van der Waals surface area contributed by atoms with E-state index in [9.17, 15) is 9.90 Å². The number of carbonyl (C=O) groups is 1. The molecule has 5 nitrogen and oxygen atoms in total. The van der Waals surface area contributed by atoms with E-state index < -0.39 is 6.10 Å². The summed E-state index contributed by atoms with van der Waals surface area (Å²) in [6.07, 6.45) is -0.223. The highest BCUT2D eigenvalue weighted by molar-refractivity contribution is 5.76. The Balaban J connectivity index is 2.40. The number of aliphatic hydroxyl groups excluding tert-OH is 1. The van der Waals surface area contributed by atoms with E-state index in [4.69, 9.17) is 10.5 Å². The van der Waals surface area contributed by atoms with Crippen LogP contribution in [0.1, 0.15) is 6.42 Å². The van der Waals surface area contributed by atoms with Crippen molar-refractivity contribution in [2.24, 2.45) is 5.73 Å². The molecule has 3 N–H and O–H groups in total. The molecule has 0 bridgehead atoms. The van der Waals surface area contributed by atoms with E-state index in [-0.39, 0.29) is 12.5 Å². The molecule has 1 heterocycles. The molecule has 0 saturated carbocycles. The minimum atomic E-state index is -0.623. The first-order valence-electron chi connectivity index (χ1n) is 4.47. The van der Waals surface area contributed by atoms with Crippen LogP contribution in [0.15, 0.2) is 0 Å². The summed E-state index contributed by atoms with van der Waals surface area (Å²) in [6, 6.07) is 0. The van der Waals surface area contributed by atoms with Crippen LogP contribution in [0.3, 0.4) is 0 Å². The maximum absolute atomic E-state index is 11.4. The number of β-amino-alcohol motifs (C(OH)–C–C–N with tert-alkyl or cyclic N) is 1. The Morgan fingerprint density at radius 1 is 1.62 bits per heavy atom. The molecule has 1 saturated heterocycles. The van der Waals surface area contributed by atoms with Crippen molar-refractivity contribution in [2.75, 3.05) is 32.8 Å². The van der Waals surface area contributed by atoms with Gasteiger partial charge >= 0.3 is 0 Å². The molecule has 0 aromatic rings. The lowest BCUT2D eigenvalue weighted by Crippen LogP contribution is -2.40. The van der Waals surface area contributed by atoms with Gasteiger partial charge in [-0.15, -0.1) is 0 Å². The average molecular weight is 188 g/mol. The van der Waals surface area contributed by atoms with Crippen LogP contribution in [0, 0.1) is 0 Å². The molecule has 0 spiro atoms. The van der Waals surface area contributed by atoms with Gasteiger partial charge in [-0.1, -0.05) is 0 Å². The Kier molecular flexibility index (Phi) is 4.14. The minimum Gasteiger partial charge on any atom is -0.390 e. The number of ether oxygens (including phenoxy) is 1. The molecule has 0 radical (unpaired) electrons.